The van der Waals surface area contributed by atoms with Crippen LogP contribution in [0.25, 0.3) is 0 Å². The van der Waals surface area contributed by atoms with Crippen LogP contribution in [0.15, 0.2) is 0 Å². The molecule has 2 unspecified atom stereocenters. The third-order valence-corrected chi connectivity index (χ3v) is 11.4. The molecule has 0 rings (SSSR count). The number of carbonyl (C=O) groups is 2. The van der Waals surface area contributed by atoms with Crippen molar-refractivity contribution >= 4 is 12.2 Å². The molecule has 6 nitrogen and oxygen atoms in total. The van der Waals surface area contributed by atoms with E-state index in [0.717, 1.165) is 62.3 Å². The van der Waals surface area contributed by atoms with Gasteiger partial charge in [0.05, 0.1) is 20.6 Å². The number of aliphatic hydroxyl groups excluding tert-OH is 1. The van der Waals surface area contributed by atoms with Crippen LogP contribution < -0.4 is 17.7 Å². The first-order valence-corrected chi connectivity index (χ1v) is 24.2. The molecule has 1 amide bonds. The van der Waals surface area contributed by atoms with Gasteiger partial charge in [0.1, 0.15) is 18.9 Å². The summed E-state index contributed by atoms with van der Waals surface area (Å²) in [5.41, 5.74) is 0. The van der Waals surface area contributed by atoms with Crippen LogP contribution >= 0.6 is 0 Å². The highest BCUT2D eigenvalue weighted by Crippen LogP contribution is 2.17. The number of nitrogens with one attached hydrogen (secondary N) is 1. The molecule has 0 aliphatic carbocycles. The second-order valence-corrected chi connectivity index (χ2v) is 17.6. The first kappa shape index (κ1) is 56.4. The van der Waals surface area contributed by atoms with Gasteiger partial charge in [0.15, 0.2) is 6.23 Å². The van der Waals surface area contributed by atoms with Crippen LogP contribution in [0.1, 0.15) is 251 Å². The fraction of sp³-hybridized carbons (Fsp3) is 0.958. The van der Waals surface area contributed by atoms with E-state index in [-0.39, 0.29) is 18.3 Å². The molecular weight excluding hydrogens is 704 g/mol. The fourth-order valence-electron chi connectivity index (χ4n) is 7.98. The number of aldehydes is 1. The van der Waals surface area contributed by atoms with Crippen molar-refractivity contribution in [2.24, 2.45) is 0 Å². The lowest BCUT2D eigenvalue weighted by Gasteiger charge is -2.34. The summed E-state index contributed by atoms with van der Waals surface area (Å²) < 4.78 is 6.88. The molecule has 0 bridgehead atoms. The lowest BCUT2D eigenvalue weighted by molar-refractivity contribution is -0.893. The molecule has 2 N–H and O–H groups in total. The van der Waals surface area contributed by atoms with E-state index in [1.165, 1.54) is 186 Å². The zero-order valence-corrected chi connectivity index (χ0v) is 38.3. The molecular formula is C48H97ClN2O4. The normalized spacial score (nSPS) is 12.7. The van der Waals surface area contributed by atoms with E-state index in [0.29, 0.717) is 19.6 Å². The highest BCUT2D eigenvalue weighted by Gasteiger charge is 2.28. The van der Waals surface area contributed by atoms with E-state index >= 15 is 0 Å². The van der Waals surface area contributed by atoms with E-state index < -0.39 is 12.3 Å². The van der Waals surface area contributed by atoms with Crippen molar-refractivity contribution in [2.45, 2.75) is 264 Å². The summed E-state index contributed by atoms with van der Waals surface area (Å²) in [6.07, 6.45) is 46.6. The predicted molar refractivity (Wildman–Crippen MR) is 234 cm³/mol. The first-order valence-electron chi connectivity index (χ1n) is 24.2. The molecule has 0 radical (unpaired) electrons. The molecule has 330 valence electrons. The first-order chi connectivity index (χ1) is 26.4. The van der Waals surface area contributed by atoms with Crippen LogP contribution in [0.3, 0.4) is 0 Å². The van der Waals surface area contributed by atoms with Crippen molar-refractivity contribution in [1.82, 2.24) is 5.32 Å². The number of carbonyl (C=O) groups excluding carboxylic acids is 2. The predicted octanol–water partition coefficient (Wildman–Crippen LogP) is 10.6. The van der Waals surface area contributed by atoms with Gasteiger partial charge in [0.25, 0.3) is 0 Å². The maximum Gasteiger partial charge on any atom is 0.222 e. The van der Waals surface area contributed by atoms with Crippen LogP contribution in [0.4, 0.5) is 0 Å². The van der Waals surface area contributed by atoms with Gasteiger partial charge in [-0.3, -0.25) is 4.79 Å². The van der Waals surface area contributed by atoms with Crippen LogP contribution in [0.5, 0.6) is 0 Å². The Morgan fingerprint density at radius 1 is 0.545 bits per heavy atom. The van der Waals surface area contributed by atoms with Gasteiger partial charge >= 0.3 is 0 Å². The maximum absolute atomic E-state index is 12.9. The topological polar surface area (TPSA) is 75.6 Å². The average Bonchev–Trinajstić information content (AvgIpc) is 3.14. The van der Waals surface area contributed by atoms with E-state index in [9.17, 15) is 14.7 Å². The van der Waals surface area contributed by atoms with Crippen LogP contribution in [-0.2, 0) is 14.3 Å². The minimum absolute atomic E-state index is 0. The largest absolute Gasteiger partial charge is 1.00 e. The fourth-order valence-corrected chi connectivity index (χ4v) is 7.98. The average molecular weight is 802 g/mol. The Morgan fingerprint density at radius 2 is 0.891 bits per heavy atom. The summed E-state index contributed by atoms with van der Waals surface area (Å²) >= 11 is 0. The number of quaternary nitrogens is 1. The number of rotatable bonds is 45. The minimum Gasteiger partial charge on any atom is -1.00 e. The molecule has 0 aliphatic heterocycles. The Balaban J connectivity index is 0. The molecule has 0 aromatic rings. The van der Waals surface area contributed by atoms with Gasteiger partial charge < -0.3 is 36.8 Å². The summed E-state index contributed by atoms with van der Waals surface area (Å²) in [7, 11) is 4.29. The molecule has 2 atom stereocenters. The Labute approximate surface area is 350 Å². The van der Waals surface area contributed by atoms with Gasteiger partial charge in [-0.15, -0.1) is 0 Å². The molecule has 0 heterocycles. The van der Waals surface area contributed by atoms with Gasteiger partial charge in [-0.05, 0) is 25.7 Å². The standard InChI is InChI=1S/C48H96N2O4.ClH/c1-5-7-8-9-10-11-12-13-14-15-16-17-20-23-26-29-32-35-38-41-47(53)49-48(46(52)45-50(3,4)42-6-2)54-44-40-37-34-31-28-25-22-19-18-21-24-27-30-33-36-39-43-51;/h43,46,48,52H,5-42,44-45H2,1-4H3;1H. The number of amides is 1. The number of hydrogen-bond donors (Lipinski definition) is 2. The highest BCUT2D eigenvalue weighted by molar-refractivity contribution is 5.76. The molecule has 0 spiro atoms. The monoisotopic (exact) mass is 801 g/mol. The van der Waals surface area contributed by atoms with Crippen molar-refractivity contribution in [3.05, 3.63) is 0 Å². The maximum atomic E-state index is 12.9. The highest BCUT2D eigenvalue weighted by atomic mass is 35.5. The smallest absolute Gasteiger partial charge is 0.222 e. The van der Waals surface area contributed by atoms with Gasteiger partial charge in [0, 0.05) is 19.4 Å². The van der Waals surface area contributed by atoms with Crippen molar-refractivity contribution in [3.8, 4) is 0 Å². The number of ether oxygens (including phenoxy) is 1. The molecule has 55 heavy (non-hydrogen) atoms. The Hall–Kier alpha value is -0.690. The SMILES string of the molecule is CCCCCCCCCCCCCCCCCCCCCC(=O)NC(OCCCCCCCCCCCCCCCCCC=O)C(O)C[N+](C)(C)CCC.[Cl-]. The Kier molecular flexibility index (Phi) is 45.5. The molecule has 0 fully saturated rings. The lowest BCUT2D eigenvalue weighted by atomic mass is 10.0. The molecule has 0 saturated heterocycles. The number of likely N-dealkylation sites (N-methyl/N-ethyl adjacent to an activating group) is 1. The van der Waals surface area contributed by atoms with Gasteiger partial charge in [-0.1, -0.05) is 213 Å². The molecule has 7 heteroatoms. The molecule has 0 aromatic heterocycles. The number of hydrogen-bond acceptors (Lipinski definition) is 4. The van der Waals surface area contributed by atoms with Gasteiger partial charge in [0.2, 0.25) is 5.91 Å². The summed E-state index contributed by atoms with van der Waals surface area (Å²) in [5, 5.41) is 14.2. The van der Waals surface area contributed by atoms with Gasteiger partial charge in [-0.25, -0.2) is 0 Å². The van der Waals surface area contributed by atoms with E-state index in [4.69, 9.17) is 4.74 Å². The van der Waals surface area contributed by atoms with Crippen molar-refractivity contribution in [1.29, 1.82) is 0 Å². The summed E-state index contributed by atoms with van der Waals surface area (Å²) in [5.74, 6) is 0.0120. The number of aliphatic hydroxyl groups is 1. The zero-order chi connectivity index (χ0) is 39.6. The van der Waals surface area contributed by atoms with E-state index in [1.54, 1.807) is 0 Å². The summed E-state index contributed by atoms with van der Waals surface area (Å²) in [4.78, 5) is 23.3. The van der Waals surface area contributed by atoms with Crippen LogP contribution in [-0.4, -0.2) is 67.9 Å². The second kappa shape index (κ2) is 44.4. The summed E-state index contributed by atoms with van der Waals surface area (Å²) in [6.45, 7) is 6.60. The van der Waals surface area contributed by atoms with Crippen molar-refractivity contribution in [2.75, 3.05) is 33.8 Å². The number of halogens is 1. The molecule has 0 aliphatic rings. The third-order valence-electron chi connectivity index (χ3n) is 11.4. The lowest BCUT2D eigenvalue weighted by Crippen LogP contribution is -3.00. The number of nitrogens with zero attached hydrogens (tertiary/aromatic N) is 1. The third kappa shape index (κ3) is 42.7. The Bertz CT molecular complexity index is 783. The summed E-state index contributed by atoms with van der Waals surface area (Å²) in [6, 6.07) is 0. The van der Waals surface area contributed by atoms with Gasteiger partial charge in [-0.2, -0.15) is 0 Å². The molecule has 0 aromatic carbocycles. The van der Waals surface area contributed by atoms with E-state index in [1.807, 2.05) is 0 Å². The van der Waals surface area contributed by atoms with Crippen molar-refractivity contribution in [3.63, 3.8) is 0 Å². The number of unbranched alkanes of at least 4 members (excludes halogenated alkanes) is 33. The second-order valence-electron chi connectivity index (χ2n) is 17.6. The molecule has 0 saturated carbocycles. The van der Waals surface area contributed by atoms with Crippen LogP contribution in [0, 0.1) is 0 Å². The Morgan fingerprint density at radius 3 is 1.25 bits per heavy atom. The van der Waals surface area contributed by atoms with Crippen LogP contribution in [0.2, 0.25) is 0 Å². The van der Waals surface area contributed by atoms with Crippen molar-refractivity contribution < 1.29 is 36.3 Å². The quantitative estimate of drug-likeness (QED) is 0.0278. The zero-order valence-electron chi connectivity index (χ0n) is 37.5. The van der Waals surface area contributed by atoms with E-state index in [2.05, 4.69) is 33.3 Å². The minimum atomic E-state index is -0.714.